The number of amides is 1. The first-order valence-electron chi connectivity index (χ1n) is 7.58. The second kappa shape index (κ2) is 8.10. The number of carbonyl (C=O) groups excluding carboxylic acids is 1. The molecule has 0 saturated carbocycles. The predicted octanol–water partition coefficient (Wildman–Crippen LogP) is 1.98. The number of hydrogen-bond acceptors (Lipinski definition) is 5. The summed E-state index contributed by atoms with van der Waals surface area (Å²) in [5.41, 5.74) is 0.924. The van der Waals surface area contributed by atoms with Gasteiger partial charge in [0, 0.05) is 0 Å². The summed E-state index contributed by atoms with van der Waals surface area (Å²) in [7, 11) is 0. The summed E-state index contributed by atoms with van der Waals surface area (Å²) in [6.07, 6.45) is 2.16. The lowest BCUT2D eigenvalue weighted by atomic mass is 10.2. The monoisotopic (exact) mass is 321 g/mol. The second-order valence-corrected chi connectivity index (χ2v) is 5.69. The van der Waals surface area contributed by atoms with Gasteiger partial charge in [-0.25, -0.2) is 4.79 Å². The molecule has 2 N–H and O–H groups in total. The quantitative estimate of drug-likeness (QED) is 0.784. The standard InChI is InChI=1S/C17H23NO5/c1-17(2)22-14(9-6-10-19)15(23-17)11-18-16(20)21-12-13-7-4-3-5-8-13/h3-9,14-15,19H,10-12H2,1-2H3,(H,18,20)/b9-6+/t14-,15-/m0/s1. The summed E-state index contributed by atoms with van der Waals surface area (Å²) < 4.78 is 16.6. The molecule has 23 heavy (non-hydrogen) atoms. The lowest BCUT2D eigenvalue weighted by molar-refractivity contribution is -0.142. The van der Waals surface area contributed by atoms with Gasteiger partial charge in [0.15, 0.2) is 5.79 Å². The Morgan fingerprint density at radius 2 is 2.09 bits per heavy atom. The molecule has 0 aliphatic carbocycles. The van der Waals surface area contributed by atoms with Gasteiger partial charge in [-0.15, -0.1) is 0 Å². The summed E-state index contributed by atoms with van der Waals surface area (Å²) in [6, 6.07) is 9.46. The van der Waals surface area contributed by atoms with E-state index < -0.39 is 11.9 Å². The molecule has 2 atom stereocenters. The van der Waals surface area contributed by atoms with Crippen LogP contribution in [0.25, 0.3) is 0 Å². The molecular formula is C17H23NO5. The Hall–Kier alpha value is -1.89. The van der Waals surface area contributed by atoms with Crippen LogP contribution in [0.1, 0.15) is 19.4 Å². The Bertz CT molecular complexity index is 529. The van der Waals surface area contributed by atoms with Gasteiger partial charge in [0.25, 0.3) is 0 Å². The van der Waals surface area contributed by atoms with E-state index in [0.717, 1.165) is 5.56 Å². The largest absolute Gasteiger partial charge is 0.445 e. The molecule has 0 bridgehead atoms. The Kier molecular flexibility index (Phi) is 6.15. The molecule has 6 nitrogen and oxygen atoms in total. The molecule has 0 spiro atoms. The highest BCUT2D eigenvalue weighted by molar-refractivity contribution is 5.67. The summed E-state index contributed by atoms with van der Waals surface area (Å²) >= 11 is 0. The van der Waals surface area contributed by atoms with Gasteiger partial charge in [-0.1, -0.05) is 42.5 Å². The highest BCUT2D eigenvalue weighted by Gasteiger charge is 2.39. The number of carbonyl (C=O) groups is 1. The van der Waals surface area contributed by atoms with Crippen molar-refractivity contribution in [3.05, 3.63) is 48.0 Å². The molecule has 1 aliphatic rings. The van der Waals surface area contributed by atoms with Crippen molar-refractivity contribution in [2.75, 3.05) is 13.2 Å². The van der Waals surface area contributed by atoms with Gasteiger partial charge < -0.3 is 24.6 Å². The molecule has 0 radical (unpaired) electrons. The molecule has 0 unspecified atom stereocenters. The first-order valence-corrected chi connectivity index (χ1v) is 7.58. The molecule has 1 fully saturated rings. The van der Waals surface area contributed by atoms with Crippen LogP contribution in [0.5, 0.6) is 0 Å². The molecule has 126 valence electrons. The molecule has 1 amide bonds. The summed E-state index contributed by atoms with van der Waals surface area (Å²) in [6.45, 7) is 4.02. The van der Waals surface area contributed by atoms with Gasteiger partial charge in [-0.3, -0.25) is 0 Å². The van der Waals surface area contributed by atoms with E-state index in [1.807, 2.05) is 30.3 Å². The fourth-order valence-electron chi connectivity index (χ4n) is 2.34. The van der Waals surface area contributed by atoms with Crippen molar-refractivity contribution in [1.29, 1.82) is 0 Å². The van der Waals surface area contributed by atoms with Crippen LogP contribution in [0.3, 0.4) is 0 Å². The van der Waals surface area contributed by atoms with E-state index in [-0.39, 0.29) is 32.0 Å². The highest BCUT2D eigenvalue weighted by Crippen LogP contribution is 2.28. The Morgan fingerprint density at radius 1 is 1.35 bits per heavy atom. The molecule has 1 aliphatic heterocycles. The van der Waals surface area contributed by atoms with E-state index in [9.17, 15) is 4.79 Å². The highest BCUT2D eigenvalue weighted by atomic mass is 16.8. The number of aliphatic hydroxyl groups excluding tert-OH is 1. The smallest absolute Gasteiger partial charge is 0.407 e. The van der Waals surface area contributed by atoms with Gasteiger partial charge in [-0.2, -0.15) is 0 Å². The average molecular weight is 321 g/mol. The predicted molar refractivity (Wildman–Crippen MR) is 84.7 cm³/mol. The van der Waals surface area contributed by atoms with Crippen molar-refractivity contribution in [3.63, 3.8) is 0 Å². The topological polar surface area (TPSA) is 77.0 Å². The number of aliphatic hydroxyl groups is 1. The first kappa shape index (κ1) is 17.5. The third-order valence-corrected chi connectivity index (χ3v) is 3.31. The minimum atomic E-state index is -0.731. The Labute approximate surface area is 136 Å². The summed E-state index contributed by atoms with van der Waals surface area (Å²) in [5.74, 6) is -0.731. The van der Waals surface area contributed by atoms with Gasteiger partial charge in [-0.05, 0) is 19.4 Å². The SMILES string of the molecule is CC1(C)O[C@@H](/C=C/CO)[C@H](CNC(=O)OCc2ccccc2)O1. The third-order valence-electron chi connectivity index (χ3n) is 3.31. The van der Waals surface area contributed by atoms with Crippen molar-refractivity contribution in [3.8, 4) is 0 Å². The molecular weight excluding hydrogens is 298 g/mol. The zero-order valence-electron chi connectivity index (χ0n) is 13.4. The molecule has 1 heterocycles. The first-order chi connectivity index (χ1) is 11.0. The van der Waals surface area contributed by atoms with Crippen molar-refractivity contribution in [2.45, 2.75) is 38.4 Å². The van der Waals surface area contributed by atoms with Crippen LogP contribution < -0.4 is 5.32 Å². The molecule has 1 aromatic rings. The number of hydrogen-bond donors (Lipinski definition) is 2. The third kappa shape index (κ3) is 5.67. The molecule has 1 aromatic carbocycles. The van der Waals surface area contributed by atoms with E-state index in [1.165, 1.54) is 0 Å². The van der Waals surface area contributed by atoms with Crippen LogP contribution in [0.4, 0.5) is 4.79 Å². The number of benzene rings is 1. The number of alkyl carbamates (subject to hydrolysis) is 1. The number of ether oxygens (including phenoxy) is 3. The fraction of sp³-hybridized carbons (Fsp3) is 0.471. The summed E-state index contributed by atoms with van der Waals surface area (Å²) in [4.78, 5) is 11.8. The van der Waals surface area contributed by atoms with Crippen molar-refractivity contribution in [1.82, 2.24) is 5.32 Å². The van der Waals surface area contributed by atoms with Gasteiger partial charge >= 0.3 is 6.09 Å². The molecule has 6 heteroatoms. The van der Waals surface area contributed by atoms with E-state index in [0.29, 0.717) is 0 Å². The zero-order chi connectivity index (χ0) is 16.7. The average Bonchev–Trinajstić information content (AvgIpc) is 2.84. The van der Waals surface area contributed by atoms with Crippen molar-refractivity contribution in [2.24, 2.45) is 0 Å². The van der Waals surface area contributed by atoms with Crippen LogP contribution >= 0.6 is 0 Å². The van der Waals surface area contributed by atoms with Crippen LogP contribution in [-0.4, -0.2) is 42.3 Å². The maximum atomic E-state index is 11.8. The zero-order valence-corrected chi connectivity index (χ0v) is 13.4. The van der Waals surface area contributed by atoms with Crippen LogP contribution in [-0.2, 0) is 20.8 Å². The lowest BCUT2D eigenvalue weighted by Crippen LogP contribution is -2.37. The second-order valence-electron chi connectivity index (χ2n) is 5.69. The maximum Gasteiger partial charge on any atom is 0.407 e. The van der Waals surface area contributed by atoms with Crippen LogP contribution in [0.2, 0.25) is 0 Å². The van der Waals surface area contributed by atoms with Crippen LogP contribution in [0, 0.1) is 0 Å². The van der Waals surface area contributed by atoms with E-state index in [2.05, 4.69) is 5.32 Å². The molecule has 1 saturated heterocycles. The van der Waals surface area contributed by atoms with Gasteiger partial charge in [0.05, 0.1) is 13.2 Å². The normalized spacial score (nSPS) is 23.1. The summed E-state index contributed by atoms with van der Waals surface area (Å²) in [5, 5.41) is 11.5. The number of nitrogens with one attached hydrogen (secondary N) is 1. The van der Waals surface area contributed by atoms with E-state index in [4.69, 9.17) is 19.3 Å². The van der Waals surface area contributed by atoms with Crippen molar-refractivity contribution >= 4 is 6.09 Å². The van der Waals surface area contributed by atoms with Gasteiger partial charge in [0.2, 0.25) is 0 Å². The van der Waals surface area contributed by atoms with Crippen LogP contribution in [0.15, 0.2) is 42.5 Å². The Morgan fingerprint density at radius 3 is 2.78 bits per heavy atom. The molecule has 0 aromatic heterocycles. The van der Waals surface area contributed by atoms with E-state index >= 15 is 0 Å². The number of rotatable bonds is 6. The van der Waals surface area contributed by atoms with E-state index in [1.54, 1.807) is 26.0 Å². The van der Waals surface area contributed by atoms with Crippen molar-refractivity contribution < 1.29 is 24.1 Å². The minimum absolute atomic E-state index is 0.0699. The lowest BCUT2D eigenvalue weighted by Gasteiger charge is -2.17. The Balaban J connectivity index is 1.79. The maximum absolute atomic E-state index is 11.8. The molecule has 2 rings (SSSR count). The van der Waals surface area contributed by atoms with Gasteiger partial charge in [0.1, 0.15) is 18.8 Å². The minimum Gasteiger partial charge on any atom is -0.445 e. The fourth-order valence-corrected chi connectivity index (χ4v) is 2.34.